The predicted octanol–water partition coefficient (Wildman–Crippen LogP) is 2.81. The number of halogens is 1. The van der Waals surface area contributed by atoms with Crippen molar-refractivity contribution < 1.29 is 13.7 Å². The fourth-order valence-electron chi connectivity index (χ4n) is 2.06. The SMILES string of the molecule is CCNC(C)CCc1nc(-c2ccc(F)c(OC)c2)no1. The summed E-state index contributed by atoms with van der Waals surface area (Å²) in [6.45, 7) is 5.13. The second kappa shape index (κ2) is 7.17. The number of hydrogen-bond donors (Lipinski definition) is 1. The summed E-state index contributed by atoms with van der Waals surface area (Å²) in [5, 5.41) is 7.26. The number of aryl methyl sites for hydroxylation is 1. The molecular weight excluding hydrogens is 273 g/mol. The molecule has 1 unspecified atom stereocenters. The van der Waals surface area contributed by atoms with Gasteiger partial charge in [-0.05, 0) is 38.1 Å². The summed E-state index contributed by atoms with van der Waals surface area (Å²) in [6, 6.07) is 4.90. The standard InChI is InChI=1S/C15H20FN3O2/c1-4-17-10(2)5-8-14-18-15(19-21-14)11-6-7-12(16)13(9-11)20-3/h6-7,9-10,17H,4-5,8H2,1-3H3. The quantitative estimate of drug-likeness (QED) is 0.850. The maximum Gasteiger partial charge on any atom is 0.227 e. The Labute approximate surface area is 123 Å². The Morgan fingerprint density at radius 3 is 2.95 bits per heavy atom. The van der Waals surface area contributed by atoms with Crippen LogP contribution >= 0.6 is 0 Å². The third kappa shape index (κ3) is 4.01. The van der Waals surface area contributed by atoms with Crippen LogP contribution < -0.4 is 10.1 Å². The van der Waals surface area contributed by atoms with E-state index >= 15 is 0 Å². The van der Waals surface area contributed by atoms with Crippen LogP contribution in [0.2, 0.25) is 0 Å². The van der Waals surface area contributed by atoms with Crippen molar-refractivity contribution in [3.63, 3.8) is 0 Å². The zero-order valence-corrected chi connectivity index (χ0v) is 12.5. The Morgan fingerprint density at radius 1 is 1.43 bits per heavy atom. The van der Waals surface area contributed by atoms with E-state index in [0.717, 1.165) is 13.0 Å². The van der Waals surface area contributed by atoms with E-state index in [4.69, 9.17) is 9.26 Å². The van der Waals surface area contributed by atoms with Gasteiger partial charge in [0.2, 0.25) is 11.7 Å². The van der Waals surface area contributed by atoms with Crippen molar-refractivity contribution in [2.75, 3.05) is 13.7 Å². The summed E-state index contributed by atoms with van der Waals surface area (Å²) < 4.78 is 23.6. The Hall–Kier alpha value is -1.95. The summed E-state index contributed by atoms with van der Waals surface area (Å²) in [6.07, 6.45) is 1.63. The molecule has 2 rings (SSSR count). The number of nitrogens with one attached hydrogen (secondary N) is 1. The van der Waals surface area contributed by atoms with Gasteiger partial charge in [0.1, 0.15) is 0 Å². The van der Waals surface area contributed by atoms with Gasteiger partial charge in [0.15, 0.2) is 11.6 Å². The van der Waals surface area contributed by atoms with Gasteiger partial charge in [-0.3, -0.25) is 0 Å². The molecule has 0 saturated carbocycles. The van der Waals surface area contributed by atoms with Crippen molar-refractivity contribution in [3.8, 4) is 17.1 Å². The van der Waals surface area contributed by atoms with Crippen LogP contribution in [0.3, 0.4) is 0 Å². The van der Waals surface area contributed by atoms with Gasteiger partial charge in [-0.1, -0.05) is 12.1 Å². The van der Waals surface area contributed by atoms with Crippen LogP contribution in [0.25, 0.3) is 11.4 Å². The molecule has 0 amide bonds. The average molecular weight is 293 g/mol. The van der Waals surface area contributed by atoms with Crippen LogP contribution in [0, 0.1) is 5.82 Å². The zero-order valence-electron chi connectivity index (χ0n) is 12.5. The minimum atomic E-state index is -0.413. The van der Waals surface area contributed by atoms with Crippen molar-refractivity contribution in [1.82, 2.24) is 15.5 Å². The summed E-state index contributed by atoms with van der Waals surface area (Å²) in [4.78, 5) is 4.33. The minimum Gasteiger partial charge on any atom is -0.494 e. The van der Waals surface area contributed by atoms with Gasteiger partial charge in [0.05, 0.1) is 7.11 Å². The number of methoxy groups -OCH3 is 1. The van der Waals surface area contributed by atoms with Crippen molar-refractivity contribution in [2.45, 2.75) is 32.7 Å². The molecule has 1 heterocycles. The summed E-state index contributed by atoms with van der Waals surface area (Å²) in [5.74, 6) is 0.779. The van der Waals surface area contributed by atoms with Gasteiger partial charge in [-0.15, -0.1) is 0 Å². The molecule has 1 N–H and O–H groups in total. The molecule has 6 heteroatoms. The largest absolute Gasteiger partial charge is 0.494 e. The van der Waals surface area contributed by atoms with E-state index in [1.807, 2.05) is 0 Å². The first-order valence-electron chi connectivity index (χ1n) is 7.04. The average Bonchev–Trinajstić information content (AvgIpc) is 2.95. The molecule has 5 nitrogen and oxygen atoms in total. The normalized spacial score (nSPS) is 12.4. The Balaban J connectivity index is 2.05. The number of aromatic nitrogens is 2. The smallest absolute Gasteiger partial charge is 0.227 e. The molecule has 0 saturated heterocycles. The molecule has 0 bridgehead atoms. The maximum absolute atomic E-state index is 13.4. The second-order valence-corrected chi connectivity index (χ2v) is 4.86. The third-order valence-electron chi connectivity index (χ3n) is 3.22. The highest BCUT2D eigenvalue weighted by atomic mass is 19.1. The molecular formula is C15H20FN3O2. The predicted molar refractivity (Wildman–Crippen MR) is 77.7 cm³/mol. The molecule has 0 spiro atoms. The molecule has 0 fully saturated rings. The molecule has 0 aliphatic carbocycles. The number of ether oxygens (including phenoxy) is 1. The summed E-state index contributed by atoms with van der Waals surface area (Å²) >= 11 is 0. The zero-order chi connectivity index (χ0) is 15.2. The van der Waals surface area contributed by atoms with Crippen LogP contribution in [-0.4, -0.2) is 29.8 Å². The van der Waals surface area contributed by atoms with E-state index < -0.39 is 5.82 Å². The van der Waals surface area contributed by atoms with E-state index in [1.54, 1.807) is 12.1 Å². The van der Waals surface area contributed by atoms with Crippen molar-refractivity contribution in [1.29, 1.82) is 0 Å². The Bertz CT molecular complexity index is 586. The van der Waals surface area contributed by atoms with Crippen molar-refractivity contribution in [3.05, 3.63) is 29.9 Å². The lowest BCUT2D eigenvalue weighted by Crippen LogP contribution is -2.25. The number of rotatable bonds is 7. The van der Waals surface area contributed by atoms with Gasteiger partial charge >= 0.3 is 0 Å². The maximum atomic E-state index is 13.4. The highest BCUT2D eigenvalue weighted by Crippen LogP contribution is 2.24. The monoisotopic (exact) mass is 293 g/mol. The van der Waals surface area contributed by atoms with Gasteiger partial charge in [0, 0.05) is 18.0 Å². The number of benzene rings is 1. The van der Waals surface area contributed by atoms with Gasteiger partial charge in [0.25, 0.3) is 0 Å². The topological polar surface area (TPSA) is 60.2 Å². The first-order valence-corrected chi connectivity index (χ1v) is 7.04. The Morgan fingerprint density at radius 2 is 2.24 bits per heavy atom. The summed E-state index contributed by atoms with van der Waals surface area (Å²) in [5.41, 5.74) is 0.669. The van der Waals surface area contributed by atoms with E-state index in [2.05, 4.69) is 29.3 Å². The lowest BCUT2D eigenvalue weighted by molar-refractivity contribution is 0.367. The molecule has 2 aromatic rings. The van der Waals surface area contributed by atoms with E-state index in [0.29, 0.717) is 29.7 Å². The van der Waals surface area contributed by atoms with E-state index in [-0.39, 0.29) is 5.75 Å². The van der Waals surface area contributed by atoms with Crippen LogP contribution in [0.5, 0.6) is 5.75 Å². The van der Waals surface area contributed by atoms with Gasteiger partial charge in [-0.25, -0.2) is 4.39 Å². The highest BCUT2D eigenvalue weighted by molar-refractivity contribution is 5.57. The first kappa shape index (κ1) is 15.4. The lowest BCUT2D eigenvalue weighted by Gasteiger charge is -2.09. The molecule has 1 aromatic heterocycles. The molecule has 1 aromatic carbocycles. The second-order valence-electron chi connectivity index (χ2n) is 4.86. The Kier molecular flexibility index (Phi) is 5.27. The molecule has 0 aliphatic heterocycles. The van der Waals surface area contributed by atoms with Crippen molar-refractivity contribution in [2.24, 2.45) is 0 Å². The van der Waals surface area contributed by atoms with Crippen LogP contribution in [0.1, 0.15) is 26.2 Å². The molecule has 114 valence electrons. The molecule has 1 atom stereocenters. The fraction of sp³-hybridized carbons (Fsp3) is 0.467. The van der Waals surface area contributed by atoms with Crippen LogP contribution in [0.4, 0.5) is 4.39 Å². The van der Waals surface area contributed by atoms with Gasteiger partial charge < -0.3 is 14.6 Å². The summed E-state index contributed by atoms with van der Waals surface area (Å²) in [7, 11) is 1.42. The number of hydrogen-bond acceptors (Lipinski definition) is 5. The fourth-order valence-corrected chi connectivity index (χ4v) is 2.06. The molecule has 21 heavy (non-hydrogen) atoms. The minimum absolute atomic E-state index is 0.166. The molecule has 0 aliphatic rings. The molecule has 0 radical (unpaired) electrons. The van der Waals surface area contributed by atoms with Crippen LogP contribution in [0.15, 0.2) is 22.7 Å². The third-order valence-corrected chi connectivity index (χ3v) is 3.22. The first-order chi connectivity index (χ1) is 10.1. The lowest BCUT2D eigenvalue weighted by atomic mass is 10.2. The van der Waals surface area contributed by atoms with Crippen molar-refractivity contribution >= 4 is 0 Å². The number of nitrogens with zero attached hydrogens (tertiary/aromatic N) is 2. The van der Waals surface area contributed by atoms with E-state index in [9.17, 15) is 4.39 Å². The highest BCUT2D eigenvalue weighted by Gasteiger charge is 2.12. The van der Waals surface area contributed by atoms with Crippen LogP contribution in [-0.2, 0) is 6.42 Å². The van der Waals surface area contributed by atoms with Gasteiger partial charge in [-0.2, -0.15) is 4.98 Å². The van der Waals surface area contributed by atoms with E-state index in [1.165, 1.54) is 13.2 Å².